The first-order chi connectivity index (χ1) is 15.0. The van der Waals surface area contributed by atoms with Gasteiger partial charge in [-0.05, 0) is 35.7 Å². The Morgan fingerprint density at radius 1 is 1.13 bits per heavy atom. The molecule has 1 aromatic heterocycles. The number of benzene rings is 2. The summed E-state index contributed by atoms with van der Waals surface area (Å²) >= 11 is 0. The van der Waals surface area contributed by atoms with Crippen molar-refractivity contribution < 1.29 is 19.5 Å². The zero-order valence-corrected chi connectivity index (χ0v) is 16.5. The number of hydrogen-bond donors (Lipinski definition) is 2. The van der Waals surface area contributed by atoms with E-state index in [-0.39, 0.29) is 24.8 Å². The second-order valence-corrected chi connectivity index (χ2v) is 7.65. The summed E-state index contributed by atoms with van der Waals surface area (Å²) in [6, 6.07) is 12.2. The molecule has 31 heavy (non-hydrogen) atoms. The van der Waals surface area contributed by atoms with Crippen LogP contribution in [0.25, 0.3) is 16.9 Å². The van der Waals surface area contributed by atoms with Gasteiger partial charge in [-0.3, -0.25) is 19.7 Å². The maximum atomic E-state index is 13.0. The van der Waals surface area contributed by atoms with Crippen LogP contribution in [0.15, 0.2) is 48.7 Å². The summed E-state index contributed by atoms with van der Waals surface area (Å²) in [5.41, 5.74) is 4.28. The van der Waals surface area contributed by atoms with Crippen LogP contribution < -0.4 is 5.32 Å². The molecule has 1 fully saturated rings. The molecular formula is C22H19N5O4. The number of carbonyl (C=O) groups excluding carboxylic acids is 3. The van der Waals surface area contributed by atoms with Crippen molar-refractivity contribution in [2.24, 2.45) is 0 Å². The third-order valence-corrected chi connectivity index (χ3v) is 5.67. The molecule has 0 saturated carbocycles. The molecule has 2 aliphatic rings. The van der Waals surface area contributed by atoms with Gasteiger partial charge in [-0.2, -0.15) is 0 Å². The fraction of sp³-hybridized carbons (Fsp3) is 0.227. The number of carbonyl (C=O) groups is 3. The van der Waals surface area contributed by atoms with Crippen LogP contribution in [0.2, 0.25) is 0 Å². The van der Waals surface area contributed by atoms with Crippen LogP contribution in [-0.2, 0) is 22.7 Å². The maximum absolute atomic E-state index is 13.0. The molecule has 9 nitrogen and oxygen atoms in total. The highest BCUT2D eigenvalue weighted by atomic mass is 16.3. The van der Waals surface area contributed by atoms with E-state index < -0.39 is 11.9 Å². The number of hydrogen-bond acceptors (Lipinski definition) is 6. The quantitative estimate of drug-likeness (QED) is 0.616. The van der Waals surface area contributed by atoms with Crippen LogP contribution in [0.4, 0.5) is 0 Å². The predicted molar refractivity (Wildman–Crippen MR) is 109 cm³/mol. The van der Waals surface area contributed by atoms with Crippen molar-refractivity contribution in [3.8, 4) is 16.9 Å². The minimum absolute atomic E-state index is 0.0570. The molecule has 0 bridgehead atoms. The number of aromatic nitrogens is 3. The molecule has 2 aromatic carbocycles. The van der Waals surface area contributed by atoms with Gasteiger partial charge in [0, 0.05) is 24.1 Å². The van der Waals surface area contributed by atoms with Crippen LogP contribution in [0, 0.1) is 0 Å². The predicted octanol–water partition coefficient (Wildman–Crippen LogP) is 1.19. The first-order valence-corrected chi connectivity index (χ1v) is 9.94. The molecule has 0 radical (unpaired) electrons. The van der Waals surface area contributed by atoms with Gasteiger partial charge in [-0.15, -0.1) is 5.10 Å². The minimum atomic E-state index is -0.641. The van der Waals surface area contributed by atoms with Gasteiger partial charge in [-0.25, -0.2) is 4.68 Å². The van der Waals surface area contributed by atoms with E-state index in [0.29, 0.717) is 29.9 Å². The molecule has 3 heterocycles. The largest absolute Gasteiger partial charge is 0.392 e. The van der Waals surface area contributed by atoms with Crippen molar-refractivity contribution in [1.29, 1.82) is 0 Å². The second-order valence-electron chi connectivity index (χ2n) is 7.65. The van der Waals surface area contributed by atoms with Gasteiger partial charge in [0.1, 0.15) is 11.7 Å². The standard InChI is InChI=1S/C22H19N5O4/c28-12-13-2-1-3-14(8-13)18-11-27(25-24-18)16-5-4-15-10-26(22(31)17(15)9-16)19-6-7-20(29)23-21(19)30/h1-5,8-9,11,19,28H,6-7,10,12H2,(H,23,29,30). The second kappa shape index (κ2) is 7.44. The number of rotatable bonds is 4. The molecule has 1 unspecified atom stereocenters. The van der Waals surface area contributed by atoms with Crippen molar-refractivity contribution in [3.63, 3.8) is 0 Å². The van der Waals surface area contributed by atoms with E-state index in [2.05, 4.69) is 15.6 Å². The fourth-order valence-electron chi connectivity index (χ4n) is 4.04. The lowest BCUT2D eigenvalue weighted by Gasteiger charge is -2.29. The van der Waals surface area contributed by atoms with E-state index in [1.807, 2.05) is 36.4 Å². The molecule has 1 atom stereocenters. The summed E-state index contributed by atoms with van der Waals surface area (Å²) in [7, 11) is 0. The number of aliphatic hydroxyl groups excluding tert-OH is 1. The molecule has 0 aliphatic carbocycles. The third-order valence-electron chi connectivity index (χ3n) is 5.67. The Morgan fingerprint density at radius 3 is 2.81 bits per heavy atom. The number of aliphatic hydroxyl groups is 1. The molecule has 0 spiro atoms. The number of nitrogens with one attached hydrogen (secondary N) is 1. The average Bonchev–Trinajstić information content (AvgIpc) is 3.39. The topological polar surface area (TPSA) is 117 Å². The zero-order valence-electron chi connectivity index (χ0n) is 16.5. The van der Waals surface area contributed by atoms with E-state index >= 15 is 0 Å². The Hall–Kier alpha value is -3.85. The van der Waals surface area contributed by atoms with E-state index in [9.17, 15) is 19.5 Å². The molecule has 9 heteroatoms. The van der Waals surface area contributed by atoms with Crippen molar-refractivity contribution in [2.45, 2.75) is 32.0 Å². The van der Waals surface area contributed by atoms with Crippen LogP contribution in [-0.4, -0.2) is 48.8 Å². The highest BCUT2D eigenvalue weighted by Crippen LogP contribution is 2.29. The Balaban J connectivity index is 1.41. The van der Waals surface area contributed by atoms with Crippen LogP contribution in [0.3, 0.4) is 0 Å². The van der Waals surface area contributed by atoms with Crippen molar-refractivity contribution in [3.05, 3.63) is 65.4 Å². The number of fused-ring (bicyclic) bond motifs is 1. The molecule has 3 amide bonds. The molecule has 5 rings (SSSR count). The summed E-state index contributed by atoms with van der Waals surface area (Å²) in [4.78, 5) is 38.1. The van der Waals surface area contributed by atoms with Gasteiger partial charge < -0.3 is 10.0 Å². The number of imide groups is 1. The number of piperidine rings is 1. The van der Waals surface area contributed by atoms with Gasteiger partial charge in [0.15, 0.2) is 0 Å². The lowest BCUT2D eigenvalue weighted by atomic mass is 10.0. The molecular weight excluding hydrogens is 398 g/mol. The summed E-state index contributed by atoms with van der Waals surface area (Å²) < 4.78 is 1.59. The van der Waals surface area contributed by atoms with Gasteiger partial charge in [0.25, 0.3) is 5.91 Å². The smallest absolute Gasteiger partial charge is 0.255 e. The molecule has 2 N–H and O–H groups in total. The number of amides is 3. The van der Waals surface area contributed by atoms with Crippen LogP contribution >= 0.6 is 0 Å². The first-order valence-electron chi connectivity index (χ1n) is 9.94. The van der Waals surface area contributed by atoms with E-state index in [1.54, 1.807) is 16.9 Å². The van der Waals surface area contributed by atoms with Crippen LogP contribution in [0.5, 0.6) is 0 Å². The summed E-state index contributed by atoms with van der Waals surface area (Å²) in [6.45, 7) is 0.274. The normalized spacial score (nSPS) is 18.3. The molecule has 156 valence electrons. The van der Waals surface area contributed by atoms with E-state index in [0.717, 1.165) is 16.7 Å². The van der Waals surface area contributed by atoms with Crippen molar-refractivity contribution in [1.82, 2.24) is 25.2 Å². The monoisotopic (exact) mass is 417 g/mol. The molecule has 3 aromatic rings. The maximum Gasteiger partial charge on any atom is 0.255 e. The van der Waals surface area contributed by atoms with Gasteiger partial charge in [0.2, 0.25) is 11.8 Å². The number of nitrogens with zero attached hydrogens (tertiary/aromatic N) is 4. The highest BCUT2D eigenvalue weighted by Gasteiger charge is 2.39. The van der Waals surface area contributed by atoms with Crippen molar-refractivity contribution in [2.75, 3.05) is 0 Å². The highest BCUT2D eigenvalue weighted by molar-refractivity contribution is 6.05. The van der Waals surface area contributed by atoms with E-state index in [1.165, 1.54) is 4.90 Å². The lowest BCUT2D eigenvalue weighted by molar-refractivity contribution is -0.136. The van der Waals surface area contributed by atoms with Crippen molar-refractivity contribution >= 4 is 17.7 Å². The Kier molecular flexibility index (Phi) is 4.59. The molecule has 1 saturated heterocycles. The fourth-order valence-corrected chi connectivity index (χ4v) is 4.04. The van der Waals surface area contributed by atoms with Gasteiger partial charge in [0.05, 0.1) is 18.5 Å². The Bertz CT molecular complexity index is 1220. The zero-order chi connectivity index (χ0) is 21.5. The third kappa shape index (κ3) is 3.38. The van der Waals surface area contributed by atoms with Gasteiger partial charge in [-0.1, -0.05) is 29.5 Å². The van der Waals surface area contributed by atoms with Gasteiger partial charge >= 0.3 is 0 Å². The SMILES string of the molecule is O=C1CCC(N2Cc3ccc(-n4cc(-c5cccc(CO)c5)nn4)cc3C2=O)C(=O)N1. The Labute approximate surface area is 177 Å². The average molecular weight is 417 g/mol. The Morgan fingerprint density at radius 2 is 2.00 bits per heavy atom. The summed E-state index contributed by atoms with van der Waals surface area (Å²) in [5.74, 6) is -0.967. The lowest BCUT2D eigenvalue weighted by Crippen LogP contribution is -2.52. The summed E-state index contributed by atoms with van der Waals surface area (Å²) in [5, 5.41) is 20.0. The first kappa shape index (κ1) is 19.1. The summed E-state index contributed by atoms with van der Waals surface area (Å²) in [6.07, 6.45) is 2.31. The minimum Gasteiger partial charge on any atom is -0.392 e. The van der Waals surface area contributed by atoms with Crippen LogP contribution in [0.1, 0.15) is 34.3 Å². The molecule has 2 aliphatic heterocycles. The van der Waals surface area contributed by atoms with E-state index in [4.69, 9.17) is 0 Å².